The number of likely N-dealkylation sites (N-methyl/N-ethyl adjacent to an activating group) is 1. The standard InChI is InChI=1S/C17H21N5S/c1-22(2)15(12-4-6-13(23-3)7-5-12)10-19-17-16-14(8-9-18-17)20-11-21-16/h4-9,11,15H,10H2,1-3H3,(H,18,19)(H,20,21). The molecule has 6 heteroatoms. The Labute approximate surface area is 140 Å². The number of fused-ring (bicyclic) bond motifs is 1. The lowest BCUT2D eigenvalue weighted by Gasteiger charge is -2.25. The molecule has 0 saturated heterocycles. The summed E-state index contributed by atoms with van der Waals surface area (Å²) in [5.74, 6) is 0.816. The predicted octanol–water partition coefficient (Wildman–Crippen LogP) is 3.39. The lowest BCUT2D eigenvalue weighted by molar-refractivity contribution is 0.311. The molecule has 0 saturated carbocycles. The number of aromatic amines is 1. The van der Waals surface area contributed by atoms with E-state index in [2.05, 4.69) is 69.8 Å². The fourth-order valence-corrected chi connectivity index (χ4v) is 3.02. The molecule has 3 rings (SSSR count). The second-order valence-electron chi connectivity index (χ2n) is 5.59. The van der Waals surface area contributed by atoms with Gasteiger partial charge in [-0.15, -0.1) is 11.8 Å². The van der Waals surface area contributed by atoms with E-state index in [0.29, 0.717) is 0 Å². The summed E-state index contributed by atoms with van der Waals surface area (Å²) in [5, 5.41) is 3.44. The van der Waals surface area contributed by atoms with Crippen molar-refractivity contribution in [3.05, 3.63) is 48.4 Å². The third-order valence-electron chi connectivity index (χ3n) is 3.92. The zero-order valence-corrected chi connectivity index (χ0v) is 14.4. The molecule has 0 aliphatic rings. The van der Waals surface area contributed by atoms with Crippen molar-refractivity contribution in [2.24, 2.45) is 0 Å². The predicted molar refractivity (Wildman–Crippen MR) is 97.0 cm³/mol. The van der Waals surface area contributed by atoms with Crippen LogP contribution < -0.4 is 5.32 Å². The summed E-state index contributed by atoms with van der Waals surface area (Å²) < 4.78 is 0. The maximum absolute atomic E-state index is 4.42. The van der Waals surface area contributed by atoms with E-state index >= 15 is 0 Å². The summed E-state index contributed by atoms with van der Waals surface area (Å²) >= 11 is 1.76. The molecule has 120 valence electrons. The molecule has 23 heavy (non-hydrogen) atoms. The van der Waals surface area contributed by atoms with Crippen molar-refractivity contribution in [1.82, 2.24) is 19.9 Å². The molecule has 2 aromatic heterocycles. The smallest absolute Gasteiger partial charge is 0.154 e. The highest BCUT2D eigenvalue weighted by Crippen LogP contribution is 2.23. The van der Waals surface area contributed by atoms with Crippen LogP contribution in [0.15, 0.2) is 47.8 Å². The van der Waals surface area contributed by atoms with Gasteiger partial charge in [0.15, 0.2) is 5.82 Å². The van der Waals surface area contributed by atoms with E-state index in [0.717, 1.165) is 23.4 Å². The summed E-state index contributed by atoms with van der Waals surface area (Å²) in [5.41, 5.74) is 3.16. The molecule has 0 spiro atoms. The Kier molecular flexibility index (Phi) is 4.83. The Bertz CT molecular complexity index is 766. The van der Waals surface area contributed by atoms with Gasteiger partial charge in [0.25, 0.3) is 0 Å². The van der Waals surface area contributed by atoms with Gasteiger partial charge in [0, 0.05) is 17.6 Å². The maximum Gasteiger partial charge on any atom is 0.154 e. The average Bonchev–Trinajstić information content (AvgIpc) is 3.04. The zero-order valence-electron chi connectivity index (χ0n) is 13.6. The summed E-state index contributed by atoms with van der Waals surface area (Å²) in [4.78, 5) is 15.4. The number of benzene rings is 1. The van der Waals surface area contributed by atoms with E-state index in [9.17, 15) is 0 Å². The molecule has 0 fully saturated rings. The first-order chi connectivity index (χ1) is 11.2. The van der Waals surface area contributed by atoms with Crippen LogP contribution in [0.25, 0.3) is 11.0 Å². The van der Waals surface area contributed by atoms with E-state index in [4.69, 9.17) is 0 Å². The van der Waals surface area contributed by atoms with Crippen molar-refractivity contribution in [3.63, 3.8) is 0 Å². The van der Waals surface area contributed by atoms with Crippen LogP contribution in [-0.2, 0) is 0 Å². The van der Waals surface area contributed by atoms with Gasteiger partial charge in [-0.05, 0) is 44.1 Å². The van der Waals surface area contributed by atoms with E-state index in [-0.39, 0.29) is 6.04 Å². The van der Waals surface area contributed by atoms with Gasteiger partial charge in [0.2, 0.25) is 0 Å². The SMILES string of the molecule is CSc1ccc(C(CNc2nccc3[nH]cnc23)N(C)C)cc1. The van der Waals surface area contributed by atoms with Crippen molar-refractivity contribution in [2.75, 3.05) is 32.2 Å². The van der Waals surface area contributed by atoms with E-state index in [1.165, 1.54) is 10.5 Å². The monoisotopic (exact) mass is 327 g/mol. The van der Waals surface area contributed by atoms with E-state index in [1.54, 1.807) is 24.3 Å². The molecule has 1 aromatic carbocycles. The largest absolute Gasteiger partial charge is 0.366 e. The summed E-state index contributed by atoms with van der Waals surface area (Å²) in [6, 6.07) is 10.9. The molecule has 0 bridgehead atoms. The first kappa shape index (κ1) is 15.8. The van der Waals surface area contributed by atoms with Crippen LogP contribution in [0, 0.1) is 0 Å². The van der Waals surface area contributed by atoms with Crippen LogP contribution >= 0.6 is 11.8 Å². The Hall–Kier alpha value is -2.05. The Balaban J connectivity index is 1.78. The fourth-order valence-electron chi connectivity index (χ4n) is 2.61. The van der Waals surface area contributed by atoms with Crippen molar-refractivity contribution < 1.29 is 0 Å². The molecule has 0 amide bonds. The van der Waals surface area contributed by atoms with Gasteiger partial charge in [0.05, 0.1) is 17.9 Å². The lowest BCUT2D eigenvalue weighted by atomic mass is 10.1. The number of imidazole rings is 1. The molecule has 2 heterocycles. The Morgan fingerprint density at radius 3 is 2.65 bits per heavy atom. The molecular weight excluding hydrogens is 306 g/mol. The number of thioether (sulfide) groups is 1. The molecule has 2 N–H and O–H groups in total. The van der Waals surface area contributed by atoms with Gasteiger partial charge in [-0.1, -0.05) is 12.1 Å². The lowest BCUT2D eigenvalue weighted by Crippen LogP contribution is -2.27. The van der Waals surface area contributed by atoms with Gasteiger partial charge in [-0.25, -0.2) is 9.97 Å². The number of hydrogen-bond donors (Lipinski definition) is 2. The number of anilines is 1. The molecule has 0 radical (unpaired) electrons. The number of rotatable bonds is 6. The normalized spacial score (nSPS) is 12.7. The van der Waals surface area contributed by atoms with Gasteiger partial charge in [-0.2, -0.15) is 0 Å². The van der Waals surface area contributed by atoms with Crippen LogP contribution in [0.3, 0.4) is 0 Å². The molecule has 0 aliphatic heterocycles. The zero-order chi connectivity index (χ0) is 16.2. The van der Waals surface area contributed by atoms with Crippen LogP contribution in [0.4, 0.5) is 5.82 Å². The molecule has 0 aliphatic carbocycles. The van der Waals surface area contributed by atoms with Crippen LogP contribution in [0.5, 0.6) is 0 Å². The van der Waals surface area contributed by atoms with E-state index < -0.39 is 0 Å². The number of H-pyrrole nitrogens is 1. The van der Waals surface area contributed by atoms with Crippen molar-refractivity contribution in [3.8, 4) is 0 Å². The Morgan fingerprint density at radius 1 is 1.17 bits per heavy atom. The number of nitrogens with zero attached hydrogens (tertiary/aromatic N) is 3. The van der Waals surface area contributed by atoms with Crippen LogP contribution in [-0.4, -0.2) is 46.7 Å². The third-order valence-corrected chi connectivity index (χ3v) is 4.67. The highest BCUT2D eigenvalue weighted by Gasteiger charge is 2.15. The van der Waals surface area contributed by atoms with Crippen molar-refractivity contribution in [1.29, 1.82) is 0 Å². The van der Waals surface area contributed by atoms with Gasteiger partial charge < -0.3 is 15.2 Å². The Morgan fingerprint density at radius 2 is 1.96 bits per heavy atom. The fraction of sp³-hybridized carbons (Fsp3) is 0.294. The minimum atomic E-state index is 0.266. The topological polar surface area (TPSA) is 56.8 Å². The highest BCUT2D eigenvalue weighted by atomic mass is 32.2. The second-order valence-corrected chi connectivity index (χ2v) is 6.47. The average molecular weight is 327 g/mol. The highest BCUT2D eigenvalue weighted by molar-refractivity contribution is 7.98. The molecule has 5 nitrogen and oxygen atoms in total. The van der Waals surface area contributed by atoms with Gasteiger partial charge in [0.1, 0.15) is 5.52 Å². The minimum Gasteiger partial charge on any atom is -0.366 e. The van der Waals surface area contributed by atoms with Crippen LogP contribution in [0.1, 0.15) is 11.6 Å². The number of nitrogens with one attached hydrogen (secondary N) is 2. The number of aromatic nitrogens is 3. The number of pyridine rings is 1. The quantitative estimate of drug-likeness (QED) is 0.680. The summed E-state index contributed by atoms with van der Waals surface area (Å²) in [6.45, 7) is 0.768. The second kappa shape index (κ2) is 7.02. The molecule has 3 aromatic rings. The van der Waals surface area contributed by atoms with Gasteiger partial charge >= 0.3 is 0 Å². The van der Waals surface area contributed by atoms with Crippen molar-refractivity contribution >= 4 is 28.6 Å². The maximum atomic E-state index is 4.42. The molecular formula is C17H21N5S. The summed E-state index contributed by atoms with van der Waals surface area (Å²) in [7, 11) is 4.19. The molecule has 1 unspecified atom stereocenters. The van der Waals surface area contributed by atoms with Crippen molar-refractivity contribution in [2.45, 2.75) is 10.9 Å². The van der Waals surface area contributed by atoms with Gasteiger partial charge in [-0.3, -0.25) is 0 Å². The van der Waals surface area contributed by atoms with Crippen LogP contribution in [0.2, 0.25) is 0 Å². The minimum absolute atomic E-state index is 0.266. The summed E-state index contributed by atoms with van der Waals surface area (Å²) in [6.07, 6.45) is 5.58. The molecule has 1 atom stereocenters. The number of hydrogen-bond acceptors (Lipinski definition) is 5. The third kappa shape index (κ3) is 3.48. The first-order valence-electron chi connectivity index (χ1n) is 7.51. The van der Waals surface area contributed by atoms with E-state index in [1.807, 2.05) is 6.07 Å². The first-order valence-corrected chi connectivity index (χ1v) is 8.74.